The van der Waals surface area contributed by atoms with E-state index in [1.165, 1.54) is 22.5 Å². The number of benzene rings is 1. The summed E-state index contributed by atoms with van der Waals surface area (Å²) in [5.74, 6) is 0.398. The second-order valence-electron chi connectivity index (χ2n) is 6.60. The average Bonchev–Trinajstić information content (AvgIpc) is 2.25. The fourth-order valence-corrected chi connectivity index (χ4v) is 5.59. The van der Waals surface area contributed by atoms with Crippen LogP contribution in [-0.4, -0.2) is 43.7 Å². The number of aryl methyl sites for hydroxylation is 1. The van der Waals surface area contributed by atoms with Gasteiger partial charge in [0.15, 0.2) is 0 Å². The number of hydrogen-bond acceptors (Lipinski definition) is 3. The van der Waals surface area contributed by atoms with Crippen molar-refractivity contribution in [1.29, 1.82) is 0 Å². The lowest BCUT2D eigenvalue weighted by atomic mass is 10.0. The Morgan fingerprint density at radius 1 is 1.33 bits per heavy atom. The summed E-state index contributed by atoms with van der Waals surface area (Å²) >= 11 is 6.62. The van der Waals surface area contributed by atoms with Gasteiger partial charge in [-0.2, -0.15) is 0 Å². The van der Waals surface area contributed by atoms with Gasteiger partial charge in [0, 0.05) is 4.90 Å². The first-order chi connectivity index (χ1) is 9.50. The minimum Gasteiger partial charge on any atom is -0.337 e. The molecule has 120 valence electrons. The lowest BCUT2D eigenvalue weighted by Crippen LogP contribution is -2.37. The van der Waals surface area contributed by atoms with E-state index >= 15 is 0 Å². The van der Waals surface area contributed by atoms with Gasteiger partial charge in [0.05, 0.1) is 21.1 Å². The van der Waals surface area contributed by atoms with Crippen molar-refractivity contribution in [3.05, 3.63) is 29.3 Å². The van der Waals surface area contributed by atoms with Crippen molar-refractivity contribution in [2.24, 2.45) is 0 Å². The molecule has 1 rings (SSSR count). The molecule has 1 N–H and O–H groups in total. The molecule has 0 aliphatic heterocycles. The summed E-state index contributed by atoms with van der Waals surface area (Å²) in [6.07, 6.45) is 0. The zero-order valence-corrected chi connectivity index (χ0v) is 16.3. The van der Waals surface area contributed by atoms with Crippen molar-refractivity contribution in [3.63, 3.8) is 0 Å². The van der Waals surface area contributed by atoms with Gasteiger partial charge in [-0.25, -0.2) is 0 Å². The van der Waals surface area contributed by atoms with Gasteiger partial charge in [-0.15, -0.1) is 0 Å². The third kappa shape index (κ3) is 7.27. The number of likely N-dealkylation sites (N-methyl/N-ethyl adjacent to an activating group) is 1. The molecule has 0 saturated heterocycles. The van der Waals surface area contributed by atoms with Crippen molar-refractivity contribution in [1.82, 2.24) is 0 Å². The van der Waals surface area contributed by atoms with Gasteiger partial charge in [-0.3, -0.25) is 0 Å². The molecule has 3 nitrogen and oxygen atoms in total. The third-order valence-electron chi connectivity index (χ3n) is 3.02. The van der Waals surface area contributed by atoms with Gasteiger partial charge >= 0.3 is 0 Å². The molecule has 0 radical (unpaired) electrons. The van der Waals surface area contributed by atoms with Crippen molar-refractivity contribution < 1.29 is 13.9 Å². The van der Waals surface area contributed by atoms with E-state index in [2.05, 4.69) is 53.2 Å². The van der Waals surface area contributed by atoms with Gasteiger partial charge in [-0.05, 0) is 53.2 Å². The van der Waals surface area contributed by atoms with E-state index < -0.39 is 5.69 Å². The Kier molecular flexibility index (Phi) is 6.91. The highest BCUT2D eigenvalue weighted by Gasteiger charge is 2.20. The topological polar surface area (TPSA) is 29.5 Å². The predicted octanol–water partition coefficient (Wildman–Crippen LogP) is 4.15. The lowest BCUT2D eigenvalue weighted by Gasteiger charge is -2.25. The molecule has 0 spiro atoms. The lowest BCUT2D eigenvalue weighted by molar-refractivity contribution is -0.870. The normalized spacial score (nSPS) is 15.2. The highest BCUT2D eigenvalue weighted by Crippen LogP contribution is 2.60. The molecule has 0 aliphatic carbocycles. The van der Waals surface area contributed by atoms with Gasteiger partial charge in [0.1, 0.15) is 13.2 Å². The smallest absolute Gasteiger partial charge is 0.249 e. The predicted molar refractivity (Wildman–Crippen MR) is 96.5 cm³/mol. The van der Waals surface area contributed by atoms with Gasteiger partial charge < -0.3 is 13.9 Å². The van der Waals surface area contributed by atoms with Crippen molar-refractivity contribution in [2.75, 3.05) is 34.3 Å². The Labute approximate surface area is 138 Å². The highest BCUT2D eigenvalue weighted by atomic mass is 32.9. The van der Waals surface area contributed by atoms with Crippen molar-refractivity contribution >= 4 is 28.9 Å². The highest BCUT2D eigenvalue weighted by molar-refractivity contribution is 8.67. The van der Waals surface area contributed by atoms with E-state index in [1.807, 2.05) is 6.92 Å². The average molecular weight is 348 g/mol. The van der Waals surface area contributed by atoms with E-state index in [0.717, 1.165) is 15.9 Å². The molecule has 1 unspecified atom stereocenters. The number of quaternary nitrogens is 1. The monoisotopic (exact) mass is 348 g/mol. The summed E-state index contributed by atoms with van der Waals surface area (Å²) in [6, 6.07) is 6.29. The number of rotatable bonds is 7. The fourth-order valence-electron chi connectivity index (χ4n) is 1.78. The zero-order valence-electron chi connectivity index (χ0n) is 13.8. The van der Waals surface area contributed by atoms with Crippen LogP contribution < -0.4 is 0 Å². The third-order valence-corrected chi connectivity index (χ3v) is 6.90. The largest absolute Gasteiger partial charge is 0.337 e. The van der Waals surface area contributed by atoms with E-state index in [-0.39, 0.29) is 0 Å². The van der Waals surface area contributed by atoms with Crippen LogP contribution in [0.25, 0.3) is 0 Å². The van der Waals surface area contributed by atoms with Crippen LogP contribution in [0.2, 0.25) is 0 Å². The van der Waals surface area contributed by atoms with Crippen LogP contribution in [0.15, 0.2) is 23.1 Å². The molecule has 0 aromatic heterocycles. The maximum Gasteiger partial charge on any atom is 0.249 e. The molecule has 0 fully saturated rings. The first kappa shape index (κ1) is 19.1. The van der Waals surface area contributed by atoms with E-state index in [9.17, 15) is 4.89 Å². The van der Waals surface area contributed by atoms with E-state index in [4.69, 9.17) is 16.3 Å². The van der Waals surface area contributed by atoms with Crippen LogP contribution >= 0.6 is 17.1 Å². The van der Waals surface area contributed by atoms with Crippen molar-refractivity contribution in [3.8, 4) is 0 Å². The van der Waals surface area contributed by atoms with Crippen LogP contribution in [0.3, 0.4) is 0 Å². The molecule has 0 bridgehead atoms. The minimum atomic E-state index is -2.85. The van der Waals surface area contributed by atoms with Crippen LogP contribution in [0.1, 0.15) is 30.9 Å². The molecule has 1 aromatic rings. The van der Waals surface area contributed by atoms with Crippen LogP contribution in [-0.2, 0) is 16.3 Å². The molecular weight excluding hydrogens is 321 g/mol. The van der Waals surface area contributed by atoms with E-state index in [0.29, 0.717) is 12.5 Å². The Bertz CT molecular complexity index is 527. The summed E-state index contributed by atoms with van der Waals surface area (Å²) in [6.45, 7) is 7.64. The second-order valence-corrected chi connectivity index (χ2v) is 12.6. The van der Waals surface area contributed by atoms with Gasteiger partial charge in [0.2, 0.25) is 5.69 Å². The summed E-state index contributed by atoms with van der Waals surface area (Å²) in [5.41, 5.74) is -0.465. The Hall–Kier alpha value is 0.1000. The maximum absolute atomic E-state index is 10.4. The van der Waals surface area contributed by atoms with Gasteiger partial charge in [0.25, 0.3) is 0 Å². The summed E-state index contributed by atoms with van der Waals surface area (Å²) in [7, 11) is 6.28. The quantitative estimate of drug-likeness (QED) is 0.592. The summed E-state index contributed by atoms with van der Waals surface area (Å²) in [5, 5.41) is 0. The summed E-state index contributed by atoms with van der Waals surface area (Å²) in [4.78, 5) is 11.5. The Balaban J connectivity index is 2.79. The molecule has 0 saturated carbocycles. The standard InChI is InChI=1S/C15H26NO2PS2/c1-12(2)14-8-7-13(3)11-15(14)21-19(17,20)18-10-9-16(4,5)6/h7-8,11-12H,9-10H2,1-6H3/p+1. The molecule has 1 aromatic carbocycles. The SMILES string of the molecule is Cc1ccc(C(C)C)c(SP(O)(=S)OCC[N+](C)(C)C)c1. The molecule has 0 amide bonds. The first-order valence-electron chi connectivity index (χ1n) is 7.08. The Morgan fingerprint density at radius 3 is 2.48 bits per heavy atom. The van der Waals surface area contributed by atoms with Crippen molar-refractivity contribution in [2.45, 2.75) is 31.6 Å². The summed E-state index contributed by atoms with van der Waals surface area (Å²) < 4.78 is 6.41. The molecule has 0 heterocycles. The fraction of sp³-hybridized carbons (Fsp3) is 0.600. The maximum atomic E-state index is 10.4. The Morgan fingerprint density at radius 2 is 1.95 bits per heavy atom. The van der Waals surface area contributed by atoms with Crippen LogP contribution in [0.4, 0.5) is 0 Å². The second kappa shape index (κ2) is 7.58. The molecule has 1 atom stereocenters. The first-order valence-corrected chi connectivity index (χ1v) is 11.2. The number of nitrogens with zero attached hydrogens (tertiary/aromatic N) is 1. The molecule has 21 heavy (non-hydrogen) atoms. The van der Waals surface area contributed by atoms with Crippen LogP contribution in [0.5, 0.6) is 0 Å². The number of hydrogen-bond donors (Lipinski definition) is 1. The zero-order chi connectivity index (χ0) is 16.3. The molecule has 6 heteroatoms. The minimum absolute atomic E-state index is 0.398. The van der Waals surface area contributed by atoms with Gasteiger partial charge in [-0.1, -0.05) is 26.0 Å². The van der Waals surface area contributed by atoms with Crippen LogP contribution in [0, 0.1) is 6.92 Å². The molecule has 0 aliphatic rings. The molecular formula is C15H27NO2PS2+. The van der Waals surface area contributed by atoms with E-state index in [1.54, 1.807) is 0 Å².